The van der Waals surface area contributed by atoms with Crippen LogP contribution in [0.25, 0.3) is 0 Å². The van der Waals surface area contributed by atoms with E-state index in [9.17, 15) is 0 Å². The molecule has 0 radical (unpaired) electrons. The molecule has 2 heterocycles. The highest BCUT2D eigenvalue weighted by molar-refractivity contribution is 8.15. The molecule has 2 aliphatic rings. The fraction of sp³-hybridized carbons (Fsp3) is 0.600. The van der Waals surface area contributed by atoms with Gasteiger partial charge in [0.2, 0.25) is 0 Å². The van der Waals surface area contributed by atoms with Gasteiger partial charge in [0.1, 0.15) is 0 Å². The Morgan fingerprint density at radius 2 is 1.11 bits per heavy atom. The zero-order chi connectivity index (χ0) is 13.1. The predicted octanol–water partition coefficient (Wildman–Crippen LogP) is 1.03. The average molecular weight is 284 g/mol. The van der Waals surface area contributed by atoms with Crippen LogP contribution < -0.4 is 0 Å². The van der Waals surface area contributed by atoms with E-state index in [0.29, 0.717) is 0 Å². The van der Waals surface area contributed by atoms with Crippen LogP contribution in [0.2, 0.25) is 0 Å². The minimum Gasteiger partial charge on any atom is -0.356 e. The summed E-state index contributed by atoms with van der Waals surface area (Å²) >= 11 is 3.35. The molecule has 0 N–H and O–H groups in total. The molecule has 0 aromatic heterocycles. The molecule has 0 atom stereocenters. The van der Waals surface area contributed by atoms with Crippen LogP contribution in [-0.4, -0.2) is 71.3 Å². The summed E-state index contributed by atoms with van der Waals surface area (Å²) in [5, 5.41) is 18.7. The Hall–Kier alpha value is -1.02. The molecule has 0 saturated heterocycles. The van der Waals surface area contributed by atoms with E-state index in [2.05, 4.69) is 20.4 Å². The van der Waals surface area contributed by atoms with Gasteiger partial charge in [-0.05, 0) is 0 Å². The summed E-state index contributed by atoms with van der Waals surface area (Å²) in [7, 11) is 7.86. The van der Waals surface area contributed by atoms with E-state index in [-0.39, 0.29) is 0 Å². The SMILES string of the molecule is CN(C)C1=NN=C(C2=NN=C(N(C)C)SC2)CS1. The number of amidine groups is 2. The van der Waals surface area contributed by atoms with Gasteiger partial charge < -0.3 is 9.80 Å². The van der Waals surface area contributed by atoms with Crippen molar-refractivity contribution in [2.24, 2.45) is 20.4 Å². The first-order valence-electron chi connectivity index (χ1n) is 5.47. The molecular weight excluding hydrogens is 268 g/mol. The van der Waals surface area contributed by atoms with E-state index in [1.54, 1.807) is 23.5 Å². The van der Waals surface area contributed by atoms with E-state index in [4.69, 9.17) is 0 Å². The standard InChI is InChI=1S/C10H16N6S2/c1-15(2)9-13-11-7(5-17-9)8-6-18-10(14-12-8)16(3)4/h5-6H2,1-4H3. The van der Waals surface area contributed by atoms with Crippen molar-refractivity contribution in [2.45, 2.75) is 0 Å². The van der Waals surface area contributed by atoms with Crippen LogP contribution in [0.5, 0.6) is 0 Å². The molecule has 2 aliphatic heterocycles. The lowest BCUT2D eigenvalue weighted by atomic mass is 10.3. The maximum atomic E-state index is 4.24. The number of hydrogen-bond acceptors (Lipinski definition) is 8. The molecule has 0 fully saturated rings. The monoisotopic (exact) mass is 284 g/mol. The van der Waals surface area contributed by atoms with E-state index >= 15 is 0 Å². The predicted molar refractivity (Wildman–Crippen MR) is 82.0 cm³/mol. The van der Waals surface area contributed by atoms with Gasteiger partial charge in [-0.3, -0.25) is 0 Å². The van der Waals surface area contributed by atoms with Crippen molar-refractivity contribution in [3.63, 3.8) is 0 Å². The fourth-order valence-corrected chi connectivity index (χ4v) is 3.00. The Balaban J connectivity index is 2.11. The molecule has 8 heteroatoms. The molecule has 0 bridgehead atoms. The van der Waals surface area contributed by atoms with Gasteiger partial charge >= 0.3 is 0 Å². The summed E-state index contributed by atoms with van der Waals surface area (Å²) < 4.78 is 0. The Kier molecular flexibility index (Phi) is 4.28. The van der Waals surface area contributed by atoms with Crippen molar-refractivity contribution in [3.8, 4) is 0 Å². The molecule has 6 nitrogen and oxygen atoms in total. The second-order valence-electron chi connectivity index (χ2n) is 4.22. The minimum absolute atomic E-state index is 0.809. The van der Waals surface area contributed by atoms with Crippen molar-refractivity contribution < 1.29 is 0 Å². The van der Waals surface area contributed by atoms with Gasteiger partial charge in [-0.2, -0.15) is 10.2 Å². The highest BCUT2D eigenvalue weighted by Gasteiger charge is 2.20. The summed E-state index contributed by atoms with van der Waals surface area (Å²) in [4.78, 5) is 3.93. The number of rotatable bonds is 1. The van der Waals surface area contributed by atoms with Crippen molar-refractivity contribution in [1.82, 2.24) is 9.80 Å². The van der Waals surface area contributed by atoms with Crippen molar-refractivity contribution in [2.75, 3.05) is 39.7 Å². The summed E-state index contributed by atoms with van der Waals surface area (Å²) in [5.41, 5.74) is 1.86. The Morgan fingerprint density at radius 1 is 0.722 bits per heavy atom. The van der Waals surface area contributed by atoms with E-state index in [0.717, 1.165) is 33.3 Å². The highest BCUT2D eigenvalue weighted by atomic mass is 32.2. The van der Waals surface area contributed by atoms with Crippen LogP contribution in [0.1, 0.15) is 0 Å². The average Bonchev–Trinajstić information content (AvgIpc) is 2.39. The van der Waals surface area contributed by atoms with E-state index in [1.807, 2.05) is 38.0 Å². The summed E-state index contributed by atoms with van der Waals surface area (Å²) in [6.45, 7) is 0. The van der Waals surface area contributed by atoms with Crippen LogP contribution in [-0.2, 0) is 0 Å². The summed E-state index contributed by atoms with van der Waals surface area (Å²) in [5.74, 6) is 1.62. The third kappa shape index (κ3) is 3.05. The Labute approximate surface area is 115 Å². The van der Waals surface area contributed by atoms with Gasteiger partial charge in [-0.25, -0.2) is 0 Å². The topological polar surface area (TPSA) is 55.9 Å². The molecular formula is C10H16N6S2. The molecule has 2 rings (SSSR count). The van der Waals surface area contributed by atoms with Gasteiger partial charge in [0.15, 0.2) is 10.3 Å². The van der Waals surface area contributed by atoms with Gasteiger partial charge in [0.05, 0.1) is 11.4 Å². The maximum absolute atomic E-state index is 4.24. The molecule has 0 aromatic rings. The smallest absolute Gasteiger partial charge is 0.185 e. The second-order valence-corrected chi connectivity index (χ2v) is 6.11. The zero-order valence-electron chi connectivity index (χ0n) is 10.9. The fourth-order valence-electron chi connectivity index (χ4n) is 1.31. The molecule has 0 spiro atoms. The number of thioether (sulfide) groups is 2. The molecule has 0 aliphatic carbocycles. The summed E-state index contributed by atoms with van der Waals surface area (Å²) in [6, 6.07) is 0. The molecule has 98 valence electrons. The van der Waals surface area contributed by atoms with Gasteiger partial charge in [-0.1, -0.05) is 23.5 Å². The molecule has 18 heavy (non-hydrogen) atoms. The first-order valence-corrected chi connectivity index (χ1v) is 7.44. The lowest BCUT2D eigenvalue weighted by Crippen LogP contribution is -2.30. The lowest BCUT2D eigenvalue weighted by molar-refractivity contribution is 0.632. The molecule has 0 saturated carbocycles. The van der Waals surface area contributed by atoms with Crippen LogP contribution in [0.4, 0.5) is 0 Å². The Morgan fingerprint density at radius 3 is 1.33 bits per heavy atom. The Bertz CT molecular complexity index is 407. The van der Waals surface area contributed by atoms with E-state index < -0.39 is 0 Å². The van der Waals surface area contributed by atoms with Gasteiger partial charge in [-0.15, -0.1) is 10.2 Å². The molecule has 0 unspecified atom stereocenters. The van der Waals surface area contributed by atoms with Crippen molar-refractivity contribution >= 4 is 45.3 Å². The number of nitrogens with zero attached hydrogens (tertiary/aromatic N) is 6. The quantitative estimate of drug-likeness (QED) is 0.721. The van der Waals surface area contributed by atoms with Crippen LogP contribution in [0.3, 0.4) is 0 Å². The normalized spacial score (nSPS) is 19.6. The van der Waals surface area contributed by atoms with Gasteiger partial charge in [0.25, 0.3) is 0 Å². The second kappa shape index (κ2) is 5.75. The zero-order valence-corrected chi connectivity index (χ0v) is 12.5. The molecule has 0 amide bonds. The highest BCUT2D eigenvalue weighted by Crippen LogP contribution is 2.18. The van der Waals surface area contributed by atoms with Gasteiger partial charge in [0, 0.05) is 39.7 Å². The first kappa shape index (κ1) is 13.4. The van der Waals surface area contributed by atoms with Crippen LogP contribution in [0.15, 0.2) is 20.4 Å². The first-order chi connectivity index (χ1) is 8.58. The number of hydrogen-bond donors (Lipinski definition) is 0. The van der Waals surface area contributed by atoms with Crippen LogP contribution >= 0.6 is 23.5 Å². The third-order valence-corrected chi connectivity index (χ3v) is 4.53. The maximum Gasteiger partial charge on any atom is 0.185 e. The van der Waals surface area contributed by atoms with Crippen molar-refractivity contribution in [1.29, 1.82) is 0 Å². The largest absolute Gasteiger partial charge is 0.356 e. The minimum atomic E-state index is 0.809. The van der Waals surface area contributed by atoms with E-state index in [1.165, 1.54) is 0 Å². The van der Waals surface area contributed by atoms with Crippen molar-refractivity contribution in [3.05, 3.63) is 0 Å². The third-order valence-electron chi connectivity index (χ3n) is 2.29. The summed E-state index contributed by atoms with van der Waals surface area (Å²) in [6.07, 6.45) is 0. The lowest BCUT2D eigenvalue weighted by Gasteiger charge is -2.20. The van der Waals surface area contributed by atoms with Crippen LogP contribution in [0, 0.1) is 0 Å². The molecule has 0 aromatic carbocycles.